The van der Waals surface area contributed by atoms with Gasteiger partial charge in [-0.2, -0.15) is 0 Å². The Labute approximate surface area is 117 Å². The van der Waals surface area contributed by atoms with Gasteiger partial charge in [-0.05, 0) is 18.6 Å². The van der Waals surface area contributed by atoms with Crippen molar-refractivity contribution in [2.45, 2.75) is 25.9 Å². The molecular formula is C15H19F2NO2. The zero-order valence-electron chi connectivity index (χ0n) is 11.6. The number of hydrogen-bond donors (Lipinski definition) is 0. The van der Waals surface area contributed by atoms with Crippen LogP contribution in [0.25, 0.3) is 0 Å². The molecule has 0 bridgehead atoms. The van der Waals surface area contributed by atoms with Gasteiger partial charge in [0.15, 0.2) is 5.78 Å². The summed E-state index contributed by atoms with van der Waals surface area (Å²) in [6, 6.07) is 2.93. The number of benzene rings is 1. The minimum absolute atomic E-state index is 0.0998. The Balaban J connectivity index is 1.88. The quantitative estimate of drug-likeness (QED) is 0.778. The van der Waals surface area contributed by atoms with Gasteiger partial charge in [0.1, 0.15) is 11.6 Å². The number of rotatable bonds is 5. The third-order valence-electron chi connectivity index (χ3n) is 3.52. The van der Waals surface area contributed by atoms with Gasteiger partial charge in [-0.25, -0.2) is 8.78 Å². The van der Waals surface area contributed by atoms with Crippen LogP contribution < -0.4 is 0 Å². The molecule has 0 amide bonds. The number of Topliss-reactive ketones (excluding diaryl/α,β-unsaturated/α-hetero) is 1. The van der Waals surface area contributed by atoms with E-state index in [0.29, 0.717) is 13.2 Å². The number of carbonyl (C=O) groups excluding carboxylic acids is 1. The molecule has 1 heterocycles. The van der Waals surface area contributed by atoms with Gasteiger partial charge >= 0.3 is 0 Å². The molecule has 1 atom stereocenters. The van der Waals surface area contributed by atoms with Crippen LogP contribution in [0, 0.1) is 11.6 Å². The summed E-state index contributed by atoms with van der Waals surface area (Å²) < 4.78 is 31.7. The minimum Gasteiger partial charge on any atom is -0.376 e. The van der Waals surface area contributed by atoms with E-state index in [4.69, 9.17) is 4.74 Å². The molecule has 1 aliphatic heterocycles. The molecule has 2 rings (SSSR count). The SMILES string of the molecule is CCC1CN(CCC(=O)c2cc(F)cc(F)c2)CCO1. The van der Waals surface area contributed by atoms with E-state index < -0.39 is 11.6 Å². The van der Waals surface area contributed by atoms with E-state index in [1.165, 1.54) is 0 Å². The molecule has 0 saturated carbocycles. The van der Waals surface area contributed by atoms with Crippen molar-refractivity contribution in [1.29, 1.82) is 0 Å². The largest absolute Gasteiger partial charge is 0.376 e. The average molecular weight is 283 g/mol. The fraction of sp³-hybridized carbons (Fsp3) is 0.533. The van der Waals surface area contributed by atoms with Crippen molar-refractivity contribution < 1.29 is 18.3 Å². The van der Waals surface area contributed by atoms with Crippen LogP contribution >= 0.6 is 0 Å². The predicted molar refractivity (Wildman–Crippen MR) is 71.8 cm³/mol. The maximum atomic E-state index is 13.1. The summed E-state index contributed by atoms with van der Waals surface area (Å²) in [7, 11) is 0. The van der Waals surface area contributed by atoms with E-state index in [9.17, 15) is 13.6 Å². The molecular weight excluding hydrogens is 264 g/mol. The fourth-order valence-corrected chi connectivity index (χ4v) is 2.35. The Morgan fingerprint density at radius 1 is 1.35 bits per heavy atom. The van der Waals surface area contributed by atoms with Crippen LogP contribution in [0.3, 0.4) is 0 Å². The lowest BCUT2D eigenvalue weighted by molar-refractivity contribution is -0.0293. The normalized spacial score (nSPS) is 20.1. The topological polar surface area (TPSA) is 29.5 Å². The van der Waals surface area contributed by atoms with Crippen molar-refractivity contribution in [3.63, 3.8) is 0 Å². The van der Waals surface area contributed by atoms with Gasteiger partial charge in [0.2, 0.25) is 0 Å². The first-order chi connectivity index (χ1) is 9.58. The lowest BCUT2D eigenvalue weighted by atomic mass is 10.1. The summed E-state index contributed by atoms with van der Waals surface area (Å²) in [5, 5.41) is 0. The van der Waals surface area contributed by atoms with Gasteiger partial charge in [-0.1, -0.05) is 6.92 Å². The molecule has 110 valence electrons. The molecule has 5 heteroatoms. The molecule has 1 aromatic carbocycles. The smallest absolute Gasteiger partial charge is 0.164 e. The summed E-state index contributed by atoms with van der Waals surface area (Å²) in [6.45, 7) is 4.93. The standard InChI is InChI=1S/C15H19F2NO2/c1-2-14-10-18(5-6-20-14)4-3-15(19)11-7-12(16)9-13(17)8-11/h7-9,14H,2-6,10H2,1H3. The third kappa shape index (κ3) is 4.08. The molecule has 20 heavy (non-hydrogen) atoms. The van der Waals surface area contributed by atoms with Crippen molar-refractivity contribution in [1.82, 2.24) is 4.90 Å². The molecule has 0 radical (unpaired) electrons. The second kappa shape index (κ2) is 6.90. The van der Waals surface area contributed by atoms with Crippen LogP contribution in [0.1, 0.15) is 30.1 Å². The molecule has 1 aliphatic rings. The molecule has 3 nitrogen and oxygen atoms in total. The fourth-order valence-electron chi connectivity index (χ4n) is 2.35. The van der Waals surface area contributed by atoms with E-state index in [1.54, 1.807) is 0 Å². The number of ketones is 1. The Hall–Kier alpha value is -1.33. The van der Waals surface area contributed by atoms with E-state index in [-0.39, 0.29) is 23.9 Å². The van der Waals surface area contributed by atoms with Crippen molar-refractivity contribution in [3.05, 3.63) is 35.4 Å². The second-order valence-corrected chi connectivity index (χ2v) is 5.03. The van der Waals surface area contributed by atoms with E-state index >= 15 is 0 Å². The number of nitrogens with zero attached hydrogens (tertiary/aromatic N) is 1. The van der Waals surface area contributed by atoms with Gasteiger partial charge in [0.25, 0.3) is 0 Å². The highest BCUT2D eigenvalue weighted by Crippen LogP contribution is 2.12. The first kappa shape index (κ1) is 15.1. The highest BCUT2D eigenvalue weighted by Gasteiger charge is 2.19. The van der Waals surface area contributed by atoms with Crippen LogP contribution in [-0.2, 0) is 4.74 Å². The van der Waals surface area contributed by atoms with Crippen molar-refractivity contribution in [3.8, 4) is 0 Å². The number of hydrogen-bond acceptors (Lipinski definition) is 3. The predicted octanol–water partition coefficient (Wildman–Crippen LogP) is 2.65. The Bertz CT molecular complexity index is 459. The Morgan fingerprint density at radius 3 is 2.70 bits per heavy atom. The summed E-state index contributed by atoms with van der Waals surface area (Å²) in [5.74, 6) is -1.67. The molecule has 1 fully saturated rings. The van der Waals surface area contributed by atoms with Gasteiger partial charge in [0, 0.05) is 37.7 Å². The van der Waals surface area contributed by atoms with Gasteiger partial charge in [-0.3, -0.25) is 9.69 Å². The third-order valence-corrected chi connectivity index (χ3v) is 3.52. The molecule has 0 N–H and O–H groups in total. The van der Waals surface area contributed by atoms with Gasteiger partial charge in [0.05, 0.1) is 12.7 Å². The maximum Gasteiger partial charge on any atom is 0.164 e. The van der Waals surface area contributed by atoms with Crippen molar-refractivity contribution in [2.75, 3.05) is 26.2 Å². The van der Waals surface area contributed by atoms with E-state index in [2.05, 4.69) is 11.8 Å². The van der Waals surface area contributed by atoms with Crippen molar-refractivity contribution >= 4 is 5.78 Å². The molecule has 1 unspecified atom stereocenters. The Morgan fingerprint density at radius 2 is 2.05 bits per heavy atom. The molecule has 0 aromatic heterocycles. The second-order valence-electron chi connectivity index (χ2n) is 5.03. The van der Waals surface area contributed by atoms with Crippen LogP contribution in [0.15, 0.2) is 18.2 Å². The van der Waals surface area contributed by atoms with Crippen molar-refractivity contribution in [2.24, 2.45) is 0 Å². The van der Waals surface area contributed by atoms with Gasteiger partial charge in [-0.15, -0.1) is 0 Å². The van der Waals surface area contributed by atoms with Crippen LogP contribution in [-0.4, -0.2) is 43.0 Å². The summed E-state index contributed by atoms with van der Waals surface area (Å²) in [6.07, 6.45) is 1.42. The van der Waals surface area contributed by atoms with E-state index in [0.717, 1.165) is 37.7 Å². The average Bonchev–Trinajstić information content (AvgIpc) is 2.44. The van der Waals surface area contributed by atoms with Crippen LogP contribution in [0.4, 0.5) is 8.78 Å². The van der Waals surface area contributed by atoms with Gasteiger partial charge < -0.3 is 4.74 Å². The molecule has 1 saturated heterocycles. The van der Waals surface area contributed by atoms with Crippen LogP contribution in [0.5, 0.6) is 0 Å². The first-order valence-electron chi connectivity index (χ1n) is 6.91. The Kier molecular flexibility index (Phi) is 5.20. The summed E-state index contributed by atoms with van der Waals surface area (Å²) >= 11 is 0. The lowest BCUT2D eigenvalue weighted by Gasteiger charge is -2.32. The number of halogens is 2. The molecule has 0 spiro atoms. The zero-order valence-corrected chi connectivity index (χ0v) is 11.6. The monoisotopic (exact) mass is 283 g/mol. The number of ether oxygens (including phenoxy) is 1. The van der Waals surface area contributed by atoms with Crippen LogP contribution in [0.2, 0.25) is 0 Å². The number of carbonyl (C=O) groups is 1. The first-order valence-corrected chi connectivity index (χ1v) is 6.91. The summed E-state index contributed by atoms with van der Waals surface area (Å²) in [4.78, 5) is 14.1. The van der Waals surface area contributed by atoms with E-state index in [1.807, 2.05) is 0 Å². The number of morpholine rings is 1. The highest BCUT2D eigenvalue weighted by atomic mass is 19.1. The lowest BCUT2D eigenvalue weighted by Crippen LogP contribution is -2.42. The summed E-state index contributed by atoms with van der Waals surface area (Å²) in [5.41, 5.74) is 0.0998. The zero-order chi connectivity index (χ0) is 14.5. The molecule has 0 aliphatic carbocycles. The minimum atomic E-state index is -0.717. The maximum absolute atomic E-state index is 13.1. The molecule has 1 aromatic rings. The highest BCUT2D eigenvalue weighted by molar-refractivity contribution is 5.96.